The van der Waals surface area contributed by atoms with Crippen molar-refractivity contribution in [3.63, 3.8) is 0 Å². The predicted octanol–water partition coefficient (Wildman–Crippen LogP) is 4.85. The fourth-order valence-corrected chi connectivity index (χ4v) is 5.47. The van der Waals surface area contributed by atoms with Gasteiger partial charge >= 0.3 is 0 Å². The summed E-state index contributed by atoms with van der Waals surface area (Å²) in [7, 11) is 0. The molecule has 0 spiro atoms. The lowest BCUT2D eigenvalue weighted by Gasteiger charge is -2.48. The molecule has 2 heteroatoms. The second-order valence-corrected chi connectivity index (χ2v) is 8.19. The van der Waals surface area contributed by atoms with Crippen LogP contribution in [0, 0.1) is 0 Å². The molecule has 1 aliphatic carbocycles. The number of rotatable bonds is 3. The number of allylic oxidation sites excluding steroid dienone is 1. The van der Waals surface area contributed by atoms with E-state index in [9.17, 15) is 4.79 Å². The fraction of sp³-hybridized carbons (Fsp3) is 0.500. The van der Waals surface area contributed by atoms with E-state index in [1.165, 1.54) is 22.9 Å². The van der Waals surface area contributed by atoms with Crippen molar-refractivity contribution in [3.8, 4) is 0 Å². The van der Waals surface area contributed by atoms with Gasteiger partial charge in [-0.1, -0.05) is 69.8 Å². The Morgan fingerprint density at radius 3 is 1.95 bits per heavy atom. The van der Waals surface area contributed by atoms with Gasteiger partial charge in [-0.05, 0) is 17.5 Å². The van der Waals surface area contributed by atoms with Gasteiger partial charge in [-0.15, -0.1) is 6.58 Å². The average molecular weight is 288 g/mol. The molecule has 0 aliphatic heterocycles. The topological polar surface area (TPSA) is 17.1 Å². The van der Waals surface area contributed by atoms with Crippen molar-refractivity contribution in [1.29, 1.82) is 0 Å². The first kappa shape index (κ1) is 15.4. The highest BCUT2D eigenvalue weighted by atomic mass is 32.2. The molecule has 0 saturated carbocycles. The van der Waals surface area contributed by atoms with Crippen molar-refractivity contribution in [2.24, 2.45) is 0 Å². The van der Waals surface area contributed by atoms with Crippen molar-refractivity contribution in [2.75, 3.05) is 0 Å². The zero-order valence-electron chi connectivity index (χ0n) is 13.1. The Kier molecular flexibility index (Phi) is 3.66. The van der Waals surface area contributed by atoms with Gasteiger partial charge in [0.1, 0.15) is 0 Å². The number of fused-ring (bicyclic) bond motifs is 1. The van der Waals surface area contributed by atoms with Gasteiger partial charge in [-0.25, -0.2) is 0 Å². The van der Waals surface area contributed by atoms with Gasteiger partial charge in [0.25, 0.3) is 0 Å². The van der Waals surface area contributed by atoms with Crippen molar-refractivity contribution in [2.45, 2.75) is 56.6 Å². The Morgan fingerprint density at radius 1 is 1.15 bits per heavy atom. The van der Waals surface area contributed by atoms with E-state index in [4.69, 9.17) is 0 Å². The molecule has 0 fully saturated rings. The van der Waals surface area contributed by atoms with E-state index in [1.807, 2.05) is 6.08 Å². The lowest BCUT2D eigenvalue weighted by atomic mass is 9.67. The van der Waals surface area contributed by atoms with E-state index in [0.717, 1.165) is 6.42 Å². The molecule has 108 valence electrons. The highest BCUT2D eigenvalue weighted by molar-refractivity contribution is 8.14. The number of hydrogen-bond donors (Lipinski definition) is 0. The Hall–Kier alpha value is -1.02. The summed E-state index contributed by atoms with van der Waals surface area (Å²) >= 11 is 1.49. The first-order valence-electron chi connectivity index (χ1n) is 7.11. The van der Waals surface area contributed by atoms with Crippen molar-refractivity contribution in [3.05, 3.63) is 48.0 Å². The van der Waals surface area contributed by atoms with Crippen molar-refractivity contribution in [1.82, 2.24) is 0 Å². The zero-order chi connectivity index (χ0) is 15.2. The Labute approximate surface area is 126 Å². The van der Waals surface area contributed by atoms with Gasteiger partial charge in [-0.2, -0.15) is 0 Å². The van der Waals surface area contributed by atoms with Crippen LogP contribution in [0.1, 0.15) is 52.2 Å². The van der Waals surface area contributed by atoms with Gasteiger partial charge in [0.2, 0.25) is 0 Å². The molecule has 0 unspecified atom stereocenters. The van der Waals surface area contributed by atoms with E-state index in [-0.39, 0.29) is 20.7 Å². The molecular weight excluding hydrogens is 264 g/mol. The molecule has 0 bridgehead atoms. The standard InChI is InChI=1S/C18H24OS/c1-7-12-18(20-13(2)19)16(3,4)14-10-8-9-11-15(14)17(18,5)6/h7-11H,1,12H2,2-6H3. The maximum atomic E-state index is 11.9. The second-order valence-electron chi connectivity index (χ2n) is 6.71. The summed E-state index contributed by atoms with van der Waals surface area (Å²) in [6.07, 6.45) is 2.79. The van der Waals surface area contributed by atoms with E-state index < -0.39 is 0 Å². The van der Waals surface area contributed by atoms with E-state index >= 15 is 0 Å². The van der Waals surface area contributed by atoms with Gasteiger partial charge < -0.3 is 0 Å². The minimum absolute atomic E-state index is 0.0718. The van der Waals surface area contributed by atoms with E-state index in [0.29, 0.717) is 0 Å². The third-order valence-electron chi connectivity index (χ3n) is 5.04. The highest BCUT2D eigenvalue weighted by Crippen LogP contribution is 2.64. The number of hydrogen-bond acceptors (Lipinski definition) is 2. The minimum atomic E-state index is -0.183. The van der Waals surface area contributed by atoms with Crippen LogP contribution in [0.2, 0.25) is 0 Å². The summed E-state index contributed by atoms with van der Waals surface area (Å²) in [5, 5.41) is 0.181. The van der Waals surface area contributed by atoms with Crippen LogP contribution in [0.5, 0.6) is 0 Å². The number of thioether (sulfide) groups is 1. The summed E-state index contributed by atoms with van der Waals surface area (Å²) < 4.78 is -0.183. The Morgan fingerprint density at radius 2 is 1.60 bits per heavy atom. The molecule has 0 N–H and O–H groups in total. The molecule has 0 aromatic heterocycles. The van der Waals surface area contributed by atoms with Crippen molar-refractivity contribution >= 4 is 16.9 Å². The van der Waals surface area contributed by atoms with Crippen LogP contribution in [0.3, 0.4) is 0 Å². The largest absolute Gasteiger partial charge is 0.288 e. The number of carbonyl (C=O) groups is 1. The van der Waals surface area contributed by atoms with Gasteiger partial charge in [0.05, 0.1) is 0 Å². The predicted molar refractivity (Wildman–Crippen MR) is 88.3 cm³/mol. The summed E-state index contributed by atoms with van der Waals surface area (Å²) in [5.74, 6) is 0. The molecule has 20 heavy (non-hydrogen) atoms. The quantitative estimate of drug-likeness (QED) is 0.740. The minimum Gasteiger partial charge on any atom is -0.288 e. The van der Waals surface area contributed by atoms with Crippen LogP contribution < -0.4 is 0 Å². The highest BCUT2D eigenvalue weighted by Gasteiger charge is 2.62. The molecule has 2 rings (SSSR count). The molecule has 1 aromatic rings. The third-order valence-corrected chi connectivity index (χ3v) is 6.87. The smallest absolute Gasteiger partial charge is 0.186 e. The van der Waals surface area contributed by atoms with Crippen LogP contribution in [0.4, 0.5) is 0 Å². The molecule has 0 saturated heterocycles. The molecule has 0 amide bonds. The molecular formula is C18H24OS. The third kappa shape index (κ3) is 1.81. The summed E-state index contributed by atoms with van der Waals surface area (Å²) in [6.45, 7) is 14.7. The Balaban J connectivity index is 2.74. The lowest BCUT2D eigenvalue weighted by Crippen LogP contribution is -2.51. The van der Waals surface area contributed by atoms with Gasteiger partial charge in [0, 0.05) is 22.5 Å². The van der Waals surface area contributed by atoms with Crippen molar-refractivity contribution < 1.29 is 4.79 Å². The van der Waals surface area contributed by atoms with Gasteiger partial charge in [-0.3, -0.25) is 4.79 Å². The van der Waals surface area contributed by atoms with Crippen LogP contribution in [0.15, 0.2) is 36.9 Å². The fourth-order valence-electron chi connectivity index (χ4n) is 4.05. The lowest BCUT2D eigenvalue weighted by molar-refractivity contribution is -0.109. The second kappa shape index (κ2) is 4.77. The SMILES string of the molecule is C=CCC1(SC(C)=O)C(C)(C)c2ccccc2C1(C)C. The molecule has 1 nitrogen and oxygen atoms in total. The first-order valence-corrected chi connectivity index (χ1v) is 7.93. The molecule has 0 radical (unpaired) electrons. The van der Waals surface area contributed by atoms with E-state index in [2.05, 4.69) is 58.5 Å². The van der Waals surface area contributed by atoms with Crippen LogP contribution in [0.25, 0.3) is 0 Å². The molecule has 0 heterocycles. The summed E-state index contributed by atoms with van der Waals surface area (Å²) in [6, 6.07) is 8.61. The average Bonchev–Trinajstić information content (AvgIpc) is 2.48. The first-order chi connectivity index (χ1) is 9.20. The zero-order valence-corrected chi connectivity index (χ0v) is 13.9. The summed E-state index contributed by atoms with van der Waals surface area (Å²) in [5.41, 5.74) is 2.58. The maximum absolute atomic E-state index is 11.9. The summed E-state index contributed by atoms with van der Waals surface area (Å²) in [4.78, 5) is 11.9. The van der Waals surface area contributed by atoms with Crippen LogP contribution in [-0.2, 0) is 15.6 Å². The number of carbonyl (C=O) groups excluding carboxylic acids is 1. The van der Waals surface area contributed by atoms with Crippen LogP contribution in [-0.4, -0.2) is 9.86 Å². The molecule has 0 atom stereocenters. The maximum Gasteiger partial charge on any atom is 0.186 e. The monoisotopic (exact) mass is 288 g/mol. The van der Waals surface area contributed by atoms with E-state index in [1.54, 1.807) is 6.92 Å². The number of benzene rings is 1. The van der Waals surface area contributed by atoms with Gasteiger partial charge in [0.15, 0.2) is 5.12 Å². The molecule has 1 aromatic carbocycles. The normalized spacial score (nSPS) is 21.2. The van der Waals surface area contributed by atoms with Crippen LogP contribution >= 0.6 is 11.8 Å². The Bertz CT molecular complexity index is 519. The molecule has 1 aliphatic rings.